The van der Waals surface area contributed by atoms with Crippen LogP contribution < -0.4 is 10.6 Å². The molecular formula is C20H22BrFN2O3. The Morgan fingerprint density at radius 1 is 1.11 bits per heavy atom. The Morgan fingerprint density at radius 2 is 1.81 bits per heavy atom. The summed E-state index contributed by atoms with van der Waals surface area (Å²) in [4.78, 5) is 24.9. The van der Waals surface area contributed by atoms with Gasteiger partial charge in [0.15, 0.2) is 0 Å². The Bertz CT molecular complexity index is 872. The molecule has 0 aliphatic heterocycles. The SMILES string of the molecule is Cc1oc(C)c(C(=O)Nc2ccc(F)c(NC(=O)C3CCCCC3)c2)c1Br. The molecule has 27 heavy (non-hydrogen) atoms. The average Bonchev–Trinajstić information content (AvgIpc) is 2.90. The van der Waals surface area contributed by atoms with Gasteiger partial charge in [-0.1, -0.05) is 19.3 Å². The number of halogens is 2. The van der Waals surface area contributed by atoms with E-state index in [0.29, 0.717) is 27.2 Å². The fraction of sp³-hybridized carbons (Fsp3) is 0.400. The van der Waals surface area contributed by atoms with Crippen LogP contribution in [-0.4, -0.2) is 11.8 Å². The van der Waals surface area contributed by atoms with Crippen molar-refractivity contribution in [3.63, 3.8) is 0 Å². The van der Waals surface area contributed by atoms with Crippen molar-refractivity contribution in [1.82, 2.24) is 0 Å². The first-order valence-corrected chi connectivity index (χ1v) is 9.83. The standard InChI is InChI=1S/C20H22BrFN2O3/c1-11-17(18(21)12(2)27-11)20(26)23-14-8-9-15(22)16(10-14)24-19(25)13-6-4-3-5-7-13/h8-10,13H,3-7H2,1-2H3,(H,23,26)(H,24,25). The zero-order valence-electron chi connectivity index (χ0n) is 15.3. The molecule has 0 saturated heterocycles. The van der Waals surface area contributed by atoms with E-state index in [2.05, 4.69) is 26.6 Å². The molecule has 3 rings (SSSR count). The lowest BCUT2D eigenvalue weighted by Crippen LogP contribution is -2.25. The van der Waals surface area contributed by atoms with Crippen molar-refractivity contribution in [2.45, 2.75) is 46.0 Å². The van der Waals surface area contributed by atoms with Gasteiger partial charge >= 0.3 is 0 Å². The van der Waals surface area contributed by atoms with Gasteiger partial charge in [-0.05, 0) is 60.8 Å². The first kappa shape index (κ1) is 19.6. The van der Waals surface area contributed by atoms with Crippen molar-refractivity contribution in [2.75, 3.05) is 10.6 Å². The van der Waals surface area contributed by atoms with Crippen LogP contribution in [0.4, 0.5) is 15.8 Å². The van der Waals surface area contributed by atoms with Gasteiger partial charge in [0.1, 0.15) is 17.3 Å². The summed E-state index contributed by atoms with van der Waals surface area (Å²) in [6.45, 7) is 3.46. The molecule has 5 nitrogen and oxygen atoms in total. The Balaban J connectivity index is 1.74. The number of hydrogen-bond donors (Lipinski definition) is 2. The highest BCUT2D eigenvalue weighted by Gasteiger charge is 2.23. The third-order valence-electron chi connectivity index (χ3n) is 4.87. The molecule has 2 N–H and O–H groups in total. The van der Waals surface area contributed by atoms with E-state index in [1.807, 2.05) is 0 Å². The molecule has 0 spiro atoms. The second kappa shape index (κ2) is 8.25. The zero-order valence-corrected chi connectivity index (χ0v) is 16.9. The number of anilines is 2. The summed E-state index contributed by atoms with van der Waals surface area (Å²) >= 11 is 3.35. The fourth-order valence-corrected chi connectivity index (χ4v) is 3.95. The molecule has 1 heterocycles. The lowest BCUT2D eigenvalue weighted by molar-refractivity contribution is -0.120. The predicted molar refractivity (Wildman–Crippen MR) is 105 cm³/mol. The van der Waals surface area contributed by atoms with Gasteiger partial charge in [0.05, 0.1) is 15.7 Å². The van der Waals surface area contributed by atoms with Crippen LogP contribution in [-0.2, 0) is 4.79 Å². The Hall–Kier alpha value is -2.15. The summed E-state index contributed by atoms with van der Waals surface area (Å²) < 4.78 is 20.2. The second-order valence-corrected chi connectivity index (χ2v) is 7.67. The minimum absolute atomic E-state index is 0.0718. The Morgan fingerprint density at radius 3 is 2.44 bits per heavy atom. The smallest absolute Gasteiger partial charge is 0.260 e. The number of rotatable bonds is 4. The summed E-state index contributed by atoms with van der Waals surface area (Å²) in [5, 5.41) is 5.39. The maximum atomic E-state index is 14.1. The van der Waals surface area contributed by atoms with Crippen LogP contribution in [0.25, 0.3) is 0 Å². The van der Waals surface area contributed by atoms with Crippen molar-refractivity contribution in [3.8, 4) is 0 Å². The molecular weight excluding hydrogens is 415 g/mol. The molecule has 2 amide bonds. The summed E-state index contributed by atoms with van der Waals surface area (Å²) in [7, 11) is 0. The minimum Gasteiger partial charge on any atom is -0.465 e. The fourth-order valence-electron chi connectivity index (χ4n) is 3.41. The van der Waals surface area contributed by atoms with E-state index in [4.69, 9.17) is 4.42 Å². The van der Waals surface area contributed by atoms with Gasteiger partial charge in [-0.3, -0.25) is 9.59 Å². The molecule has 144 valence electrons. The second-order valence-electron chi connectivity index (χ2n) is 6.88. The van der Waals surface area contributed by atoms with Crippen LogP contribution in [0.2, 0.25) is 0 Å². The number of carbonyl (C=O) groups excluding carboxylic acids is 2. The van der Waals surface area contributed by atoms with E-state index < -0.39 is 5.82 Å². The molecule has 2 aromatic rings. The van der Waals surface area contributed by atoms with Crippen LogP contribution in [0.15, 0.2) is 27.1 Å². The van der Waals surface area contributed by atoms with E-state index >= 15 is 0 Å². The first-order valence-electron chi connectivity index (χ1n) is 9.04. The number of furan rings is 1. The molecule has 1 aliphatic rings. The van der Waals surface area contributed by atoms with Gasteiger partial charge in [0.25, 0.3) is 5.91 Å². The highest BCUT2D eigenvalue weighted by atomic mass is 79.9. The highest BCUT2D eigenvalue weighted by Crippen LogP contribution is 2.29. The Labute approximate surface area is 165 Å². The summed E-state index contributed by atoms with van der Waals surface area (Å²) in [5.41, 5.74) is 0.859. The maximum Gasteiger partial charge on any atom is 0.260 e. The minimum atomic E-state index is -0.534. The van der Waals surface area contributed by atoms with Crippen molar-refractivity contribution >= 4 is 39.1 Å². The van der Waals surface area contributed by atoms with Gasteiger partial charge in [-0.15, -0.1) is 0 Å². The number of aryl methyl sites for hydroxylation is 2. The molecule has 0 bridgehead atoms. The van der Waals surface area contributed by atoms with Crippen molar-refractivity contribution in [2.24, 2.45) is 5.92 Å². The quantitative estimate of drug-likeness (QED) is 0.657. The van der Waals surface area contributed by atoms with E-state index in [-0.39, 0.29) is 23.4 Å². The van der Waals surface area contributed by atoms with E-state index in [0.717, 1.165) is 32.1 Å². The van der Waals surface area contributed by atoms with Gasteiger partial charge in [-0.25, -0.2) is 4.39 Å². The largest absolute Gasteiger partial charge is 0.465 e. The summed E-state index contributed by atoms with van der Waals surface area (Å²) in [5.74, 6) is -0.0481. The number of benzene rings is 1. The molecule has 0 atom stereocenters. The Kier molecular flexibility index (Phi) is 5.99. The van der Waals surface area contributed by atoms with E-state index in [9.17, 15) is 14.0 Å². The molecule has 1 aliphatic carbocycles. The third-order valence-corrected chi connectivity index (χ3v) is 5.83. The monoisotopic (exact) mass is 436 g/mol. The van der Waals surface area contributed by atoms with Crippen molar-refractivity contribution in [3.05, 3.63) is 45.6 Å². The zero-order chi connectivity index (χ0) is 19.6. The third kappa shape index (κ3) is 4.40. The molecule has 1 fully saturated rings. The maximum absolute atomic E-state index is 14.1. The molecule has 1 aromatic heterocycles. The van der Waals surface area contributed by atoms with E-state index in [1.54, 1.807) is 13.8 Å². The highest BCUT2D eigenvalue weighted by molar-refractivity contribution is 9.10. The molecule has 1 aromatic carbocycles. The van der Waals surface area contributed by atoms with Crippen molar-refractivity contribution < 1.29 is 18.4 Å². The van der Waals surface area contributed by atoms with Crippen LogP contribution in [0.3, 0.4) is 0 Å². The normalized spacial score (nSPS) is 14.8. The molecule has 0 radical (unpaired) electrons. The molecule has 7 heteroatoms. The number of nitrogens with one attached hydrogen (secondary N) is 2. The number of carbonyl (C=O) groups is 2. The van der Waals surface area contributed by atoms with Gasteiger partial charge in [0, 0.05) is 11.6 Å². The molecule has 1 saturated carbocycles. The van der Waals surface area contributed by atoms with Crippen LogP contribution >= 0.6 is 15.9 Å². The predicted octanol–water partition coefficient (Wildman–Crippen LogP) is 5.57. The number of hydrogen-bond acceptors (Lipinski definition) is 3. The molecule has 0 unspecified atom stereocenters. The van der Waals surface area contributed by atoms with Crippen LogP contribution in [0.5, 0.6) is 0 Å². The average molecular weight is 437 g/mol. The lowest BCUT2D eigenvalue weighted by atomic mass is 9.88. The first-order chi connectivity index (χ1) is 12.9. The van der Waals surface area contributed by atoms with Gasteiger partial charge < -0.3 is 15.1 Å². The van der Waals surface area contributed by atoms with E-state index in [1.165, 1.54) is 18.2 Å². The van der Waals surface area contributed by atoms with Crippen molar-refractivity contribution in [1.29, 1.82) is 0 Å². The van der Waals surface area contributed by atoms with Gasteiger partial charge in [-0.2, -0.15) is 0 Å². The summed E-state index contributed by atoms with van der Waals surface area (Å²) in [6.07, 6.45) is 4.85. The summed E-state index contributed by atoms with van der Waals surface area (Å²) in [6, 6.07) is 4.12. The van der Waals surface area contributed by atoms with Crippen LogP contribution in [0, 0.1) is 25.6 Å². The lowest BCUT2D eigenvalue weighted by Gasteiger charge is -2.21. The van der Waals surface area contributed by atoms with Crippen LogP contribution in [0.1, 0.15) is 54.0 Å². The number of amides is 2. The van der Waals surface area contributed by atoms with Gasteiger partial charge in [0.2, 0.25) is 5.91 Å². The topological polar surface area (TPSA) is 71.3 Å².